The first-order valence-corrected chi connectivity index (χ1v) is 42.4. The van der Waals surface area contributed by atoms with Crippen molar-refractivity contribution in [3.05, 3.63) is 0 Å². The third kappa shape index (κ3) is 74.8. The van der Waals surface area contributed by atoms with Crippen molar-refractivity contribution in [1.82, 2.24) is 5.32 Å². The minimum atomic E-state index is -4.33. The summed E-state index contributed by atoms with van der Waals surface area (Å²) in [5.41, 5.74) is 0. The number of phosphoric acid groups is 1. The molecule has 0 aromatic heterocycles. The van der Waals surface area contributed by atoms with Crippen molar-refractivity contribution in [2.45, 2.75) is 469 Å². The molecule has 0 saturated heterocycles. The van der Waals surface area contributed by atoms with Crippen LogP contribution in [0.3, 0.4) is 0 Å². The molecular weight excluding hydrogens is 1120 g/mol. The molecule has 3 unspecified atom stereocenters. The summed E-state index contributed by atoms with van der Waals surface area (Å²) in [6.07, 6.45) is 92.7. The summed E-state index contributed by atoms with van der Waals surface area (Å²) in [5.74, 6) is -0.131. The van der Waals surface area contributed by atoms with Crippen molar-refractivity contribution in [2.24, 2.45) is 0 Å². The summed E-state index contributed by atoms with van der Waals surface area (Å²) in [5, 5.41) is 14.2. The SMILES string of the molecule is CCCCCCCCCCCCCCCCCCCCCCCCCCCCCCCCCCCCCCCCCCC(=O)NC(COP(=O)(O)OCC[N+](C)(C)C)C(O)CCCCCCCCCCCCCCCCCCCCCCCCCCCCC. The average Bonchev–Trinajstić information content (AvgIpc) is 3.60. The molecule has 0 fully saturated rings. The molecule has 0 aromatic rings. The maximum absolute atomic E-state index is 13.1. The Morgan fingerprint density at radius 2 is 0.539 bits per heavy atom. The number of carbonyl (C=O) groups is 1. The Morgan fingerprint density at radius 3 is 0.753 bits per heavy atom. The summed E-state index contributed by atoms with van der Waals surface area (Å²) >= 11 is 0. The molecule has 0 aliphatic carbocycles. The van der Waals surface area contributed by atoms with Crippen LogP contribution >= 0.6 is 7.82 Å². The Balaban J connectivity index is 3.85. The van der Waals surface area contributed by atoms with Crippen LogP contribution in [-0.2, 0) is 18.4 Å². The van der Waals surface area contributed by atoms with E-state index >= 15 is 0 Å². The lowest BCUT2D eigenvalue weighted by molar-refractivity contribution is -0.870. The second-order valence-corrected chi connectivity index (χ2v) is 31.3. The number of carbonyl (C=O) groups excluding carboxylic acids is 1. The highest BCUT2D eigenvalue weighted by Gasteiger charge is 2.28. The number of quaternary nitrogens is 1. The molecule has 89 heavy (non-hydrogen) atoms. The molecule has 3 N–H and O–H groups in total. The van der Waals surface area contributed by atoms with E-state index in [0.717, 1.165) is 38.5 Å². The largest absolute Gasteiger partial charge is 0.472 e. The van der Waals surface area contributed by atoms with Crippen LogP contribution in [0.1, 0.15) is 457 Å². The topological polar surface area (TPSA) is 105 Å². The molecule has 0 spiro atoms. The molecule has 1 amide bonds. The van der Waals surface area contributed by atoms with Crippen LogP contribution in [0.4, 0.5) is 0 Å². The van der Waals surface area contributed by atoms with E-state index < -0.39 is 20.0 Å². The van der Waals surface area contributed by atoms with Gasteiger partial charge in [-0.2, -0.15) is 0 Å². The van der Waals surface area contributed by atoms with E-state index in [2.05, 4.69) is 19.2 Å². The predicted molar refractivity (Wildman–Crippen MR) is 392 cm³/mol. The summed E-state index contributed by atoms with van der Waals surface area (Å²) in [6, 6.07) is -0.758. The monoisotopic (exact) mass is 1280 g/mol. The molecule has 534 valence electrons. The van der Waals surface area contributed by atoms with Gasteiger partial charge in [-0.05, 0) is 12.8 Å². The van der Waals surface area contributed by atoms with Gasteiger partial charge in [0.1, 0.15) is 13.2 Å². The van der Waals surface area contributed by atoms with Crippen molar-refractivity contribution >= 4 is 13.7 Å². The molecule has 0 radical (unpaired) electrons. The maximum atomic E-state index is 13.1. The fourth-order valence-electron chi connectivity index (χ4n) is 13.3. The smallest absolute Gasteiger partial charge is 0.391 e. The number of phosphoric ester groups is 1. The number of likely N-dealkylation sites (N-methyl/N-ethyl adjacent to an activating group) is 1. The number of unbranched alkanes of at least 4 members (excludes halogenated alkanes) is 65. The third-order valence-corrected chi connectivity index (χ3v) is 20.6. The van der Waals surface area contributed by atoms with Gasteiger partial charge in [0.15, 0.2) is 0 Å². The summed E-state index contributed by atoms with van der Waals surface area (Å²) < 4.78 is 24.0. The quantitative estimate of drug-likeness (QED) is 0.0318. The number of nitrogens with zero attached hydrogens (tertiary/aromatic N) is 1. The number of amides is 1. The Bertz CT molecular complexity index is 1410. The molecule has 0 saturated carbocycles. The minimum absolute atomic E-state index is 0.0796. The highest BCUT2D eigenvalue weighted by atomic mass is 31.2. The molecular formula is C80H164N2O6P+. The van der Waals surface area contributed by atoms with E-state index in [1.165, 1.54) is 392 Å². The van der Waals surface area contributed by atoms with E-state index in [1.807, 2.05) is 21.1 Å². The molecule has 0 aromatic carbocycles. The molecule has 3 atom stereocenters. The zero-order valence-corrected chi connectivity index (χ0v) is 62.4. The highest BCUT2D eigenvalue weighted by Crippen LogP contribution is 2.43. The summed E-state index contributed by atoms with van der Waals surface area (Å²) in [4.78, 5) is 23.5. The number of hydrogen-bond acceptors (Lipinski definition) is 5. The van der Waals surface area contributed by atoms with Crippen molar-refractivity contribution in [2.75, 3.05) is 40.9 Å². The molecule has 0 bridgehead atoms. The first kappa shape index (κ1) is 88.5. The first-order chi connectivity index (χ1) is 43.5. The first-order valence-electron chi connectivity index (χ1n) is 40.9. The van der Waals surface area contributed by atoms with Gasteiger partial charge in [-0.25, -0.2) is 4.57 Å². The van der Waals surface area contributed by atoms with Crippen molar-refractivity contribution in [1.29, 1.82) is 0 Å². The summed E-state index contributed by atoms with van der Waals surface area (Å²) in [6.45, 7) is 4.98. The lowest BCUT2D eigenvalue weighted by Gasteiger charge is -2.26. The number of aliphatic hydroxyl groups is 1. The fraction of sp³-hybridized carbons (Fsp3) is 0.988. The Morgan fingerprint density at radius 1 is 0.337 bits per heavy atom. The van der Waals surface area contributed by atoms with Crippen LogP contribution in [0.5, 0.6) is 0 Å². The lowest BCUT2D eigenvalue weighted by atomic mass is 10.0. The molecule has 0 aliphatic heterocycles. The second kappa shape index (κ2) is 71.8. The number of rotatable bonds is 78. The van der Waals surface area contributed by atoms with E-state index in [9.17, 15) is 19.4 Å². The molecule has 0 rings (SSSR count). The van der Waals surface area contributed by atoms with Crippen molar-refractivity contribution in [3.63, 3.8) is 0 Å². The Hall–Kier alpha value is -0.500. The van der Waals surface area contributed by atoms with Gasteiger partial charge in [0, 0.05) is 6.42 Å². The minimum Gasteiger partial charge on any atom is -0.391 e. The van der Waals surface area contributed by atoms with Gasteiger partial charge in [-0.15, -0.1) is 0 Å². The Labute approximate surface area is 559 Å². The lowest BCUT2D eigenvalue weighted by Crippen LogP contribution is -2.46. The van der Waals surface area contributed by atoms with E-state index in [4.69, 9.17) is 9.05 Å². The van der Waals surface area contributed by atoms with Gasteiger partial charge in [-0.3, -0.25) is 13.8 Å². The standard InChI is InChI=1S/C80H163N2O6P/c1-6-8-10-12-14-16-18-20-22-24-26-28-30-32-34-35-36-37-38-39-40-41-42-43-44-45-46-48-50-52-54-56-58-60-62-64-66-68-70-72-74-80(84)81-78(77-88-89(85,86)87-76-75-82(3,4)5)79(83)73-71-69-67-65-63-61-59-57-55-53-51-49-47-33-31-29-27-25-23-21-19-17-15-13-11-9-7-2/h78-79,83H,6-77H2,1-5H3,(H-,81,84,85,86)/p+1. The van der Waals surface area contributed by atoms with Crippen LogP contribution in [0, 0.1) is 0 Å². The maximum Gasteiger partial charge on any atom is 0.472 e. The predicted octanol–water partition coefficient (Wildman–Crippen LogP) is 26.6. The third-order valence-electron chi connectivity index (χ3n) is 19.6. The molecule has 9 heteroatoms. The zero-order chi connectivity index (χ0) is 64.8. The number of nitrogens with one attached hydrogen (secondary N) is 1. The zero-order valence-electron chi connectivity index (χ0n) is 61.5. The second-order valence-electron chi connectivity index (χ2n) is 29.9. The molecule has 0 heterocycles. The van der Waals surface area contributed by atoms with Crippen molar-refractivity contribution in [3.8, 4) is 0 Å². The van der Waals surface area contributed by atoms with Gasteiger partial charge >= 0.3 is 7.82 Å². The summed E-state index contributed by atoms with van der Waals surface area (Å²) in [7, 11) is 1.65. The van der Waals surface area contributed by atoms with Crippen molar-refractivity contribution < 1.29 is 32.9 Å². The number of hydrogen-bond donors (Lipinski definition) is 3. The fourth-order valence-corrected chi connectivity index (χ4v) is 14.0. The number of aliphatic hydroxyl groups excluding tert-OH is 1. The van der Waals surface area contributed by atoms with Crippen LogP contribution in [0.25, 0.3) is 0 Å². The highest BCUT2D eigenvalue weighted by molar-refractivity contribution is 7.47. The molecule has 8 nitrogen and oxygen atoms in total. The van der Waals surface area contributed by atoms with Crippen LogP contribution in [0.15, 0.2) is 0 Å². The van der Waals surface area contributed by atoms with E-state index in [-0.39, 0.29) is 19.1 Å². The molecule has 0 aliphatic rings. The van der Waals surface area contributed by atoms with E-state index in [1.54, 1.807) is 0 Å². The van der Waals surface area contributed by atoms with E-state index in [0.29, 0.717) is 23.9 Å². The average molecular weight is 1280 g/mol. The van der Waals surface area contributed by atoms with Crippen LogP contribution in [0.2, 0.25) is 0 Å². The Kier molecular flexibility index (Phi) is 71.4. The van der Waals surface area contributed by atoms with Gasteiger partial charge < -0.3 is 19.8 Å². The van der Waals surface area contributed by atoms with Gasteiger partial charge in [0.25, 0.3) is 0 Å². The van der Waals surface area contributed by atoms with Crippen LogP contribution in [-0.4, -0.2) is 73.4 Å². The van der Waals surface area contributed by atoms with Crippen LogP contribution < -0.4 is 5.32 Å². The van der Waals surface area contributed by atoms with Gasteiger partial charge in [0.05, 0.1) is 39.9 Å². The van der Waals surface area contributed by atoms with Gasteiger partial charge in [0.2, 0.25) is 5.91 Å². The normalized spacial score (nSPS) is 13.4. The van der Waals surface area contributed by atoms with Gasteiger partial charge in [-0.1, -0.05) is 438 Å².